The monoisotopic (exact) mass is 259 g/mol. The maximum atomic E-state index is 3.62. The smallest absolute Gasteiger partial charge is 0.0205 e. The van der Waals surface area contributed by atoms with Crippen molar-refractivity contribution in [3.8, 4) is 0 Å². The molecule has 1 aliphatic carbocycles. The SMILES string of the molecule is CC(C)Cc1ccc(CNCC2CCC(C)C2)cc1. The Hall–Kier alpha value is -0.820. The fourth-order valence-electron chi connectivity index (χ4n) is 3.20. The normalized spacial score (nSPS) is 23.2. The summed E-state index contributed by atoms with van der Waals surface area (Å²) in [5.41, 5.74) is 2.88. The van der Waals surface area contributed by atoms with Crippen molar-refractivity contribution in [3.63, 3.8) is 0 Å². The maximum absolute atomic E-state index is 3.62. The first-order valence-electron chi connectivity index (χ1n) is 7.92. The molecule has 0 radical (unpaired) electrons. The molecule has 0 amide bonds. The molecule has 1 aromatic carbocycles. The van der Waals surface area contributed by atoms with Gasteiger partial charge in [-0.25, -0.2) is 0 Å². The Morgan fingerprint density at radius 3 is 2.37 bits per heavy atom. The molecule has 0 bridgehead atoms. The lowest BCUT2D eigenvalue weighted by Crippen LogP contribution is -2.20. The summed E-state index contributed by atoms with van der Waals surface area (Å²) in [5, 5.41) is 3.62. The van der Waals surface area contributed by atoms with Crippen LogP contribution in [0.1, 0.15) is 51.2 Å². The minimum atomic E-state index is 0.744. The molecule has 1 saturated carbocycles. The van der Waals surface area contributed by atoms with Crippen molar-refractivity contribution >= 4 is 0 Å². The lowest BCUT2D eigenvalue weighted by molar-refractivity contribution is 0.470. The van der Waals surface area contributed by atoms with Crippen LogP contribution in [-0.2, 0) is 13.0 Å². The van der Waals surface area contributed by atoms with E-state index in [0.717, 1.165) is 24.3 Å². The Morgan fingerprint density at radius 2 is 1.79 bits per heavy atom. The molecule has 0 aromatic heterocycles. The van der Waals surface area contributed by atoms with Crippen molar-refractivity contribution in [2.75, 3.05) is 6.54 Å². The lowest BCUT2D eigenvalue weighted by Gasteiger charge is -2.11. The quantitative estimate of drug-likeness (QED) is 0.798. The second-order valence-corrected chi connectivity index (χ2v) is 6.83. The van der Waals surface area contributed by atoms with Gasteiger partial charge < -0.3 is 5.32 Å². The Kier molecular flexibility index (Phi) is 5.45. The second kappa shape index (κ2) is 7.09. The van der Waals surface area contributed by atoms with Crippen LogP contribution in [0.5, 0.6) is 0 Å². The minimum absolute atomic E-state index is 0.744. The first-order chi connectivity index (χ1) is 9.13. The third-order valence-corrected chi connectivity index (χ3v) is 4.23. The van der Waals surface area contributed by atoms with Crippen LogP contribution in [0, 0.1) is 17.8 Å². The summed E-state index contributed by atoms with van der Waals surface area (Å²) in [6.07, 6.45) is 5.45. The van der Waals surface area contributed by atoms with Crippen molar-refractivity contribution in [1.29, 1.82) is 0 Å². The minimum Gasteiger partial charge on any atom is -0.312 e. The fourth-order valence-corrected chi connectivity index (χ4v) is 3.20. The van der Waals surface area contributed by atoms with Gasteiger partial charge >= 0.3 is 0 Å². The lowest BCUT2D eigenvalue weighted by atomic mass is 10.0. The third-order valence-electron chi connectivity index (χ3n) is 4.23. The summed E-state index contributed by atoms with van der Waals surface area (Å²) in [6, 6.07) is 9.13. The maximum Gasteiger partial charge on any atom is 0.0205 e. The molecule has 1 nitrogen and oxygen atoms in total. The summed E-state index contributed by atoms with van der Waals surface area (Å²) in [7, 11) is 0. The first kappa shape index (κ1) is 14.6. The molecule has 0 heterocycles. The molecule has 2 atom stereocenters. The van der Waals surface area contributed by atoms with Crippen LogP contribution >= 0.6 is 0 Å². The molecule has 0 spiro atoms. The van der Waals surface area contributed by atoms with Crippen LogP contribution in [0.2, 0.25) is 0 Å². The van der Waals surface area contributed by atoms with Gasteiger partial charge in [-0.3, -0.25) is 0 Å². The summed E-state index contributed by atoms with van der Waals surface area (Å²) in [6.45, 7) is 9.15. The Balaban J connectivity index is 1.71. The fraction of sp³-hybridized carbons (Fsp3) is 0.667. The zero-order valence-corrected chi connectivity index (χ0v) is 12.8. The predicted octanol–water partition coefficient (Wildman–Crippen LogP) is 4.41. The molecule has 0 saturated heterocycles. The molecule has 0 aliphatic heterocycles. The van der Waals surface area contributed by atoms with E-state index in [-0.39, 0.29) is 0 Å². The van der Waals surface area contributed by atoms with Crippen LogP contribution < -0.4 is 5.32 Å². The van der Waals surface area contributed by atoms with E-state index in [2.05, 4.69) is 50.4 Å². The van der Waals surface area contributed by atoms with Crippen LogP contribution in [0.4, 0.5) is 0 Å². The average molecular weight is 259 g/mol. The van der Waals surface area contributed by atoms with Crippen molar-refractivity contribution < 1.29 is 0 Å². The zero-order chi connectivity index (χ0) is 13.7. The van der Waals surface area contributed by atoms with Crippen molar-refractivity contribution in [3.05, 3.63) is 35.4 Å². The van der Waals surface area contributed by atoms with E-state index in [4.69, 9.17) is 0 Å². The Labute approximate surface area is 118 Å². The molecular weight excluding hydrogens is 230 g/mol. The summed E-state index contributed by atoms with van der Waals surface area (Å²) < 4.78 is 0. The average Bonchev–Trinajstić information content (AvgIpc) is 2.77. The highest BCUT2D eigenvalue weighted by molar-refractivity contribution is 5.22. The molecule has 1 aromatic rings. The second-order valence-electron chi connectivity index (χ2n) is 6.83. The molecule has 1 heteroatoms. The number of hydrogen-bond donors (Lipinski definition) is 1. The van der Waals surface area contributed by atoms with E-state index in [0.29, 0.717) is 0 Å². The number of hydrogen-bond acceptors (Lipinski definition) is 1. The van der Waals surface area contributed by atoms with Gasteiger partial charge in [-0.2, -0.15) is 0 Å². The number of nitrogens with one attached hydrogen (secondary N) is 1. The van der Waals surface area contributed by atoms with Gasteiger partial charge in [-0.15, -0.1) is 0 Å². The largest absolute Gasteiger partial charge is 0.312 e. The van der Waals surface area contributed by atoms with E-state index in [1.165, 1.54) is 43.4 Å². The van der Waals surface area contributed by atoms with E-state index in [1.54, 1.807) is 0 Å². The number of rotatable bonds is 6. The summed E-state index contributed by atoms with van der Waals surface area (Å²) in [4.78, 5) is 0. The van der Waals surface area contributed by atoms with Gasteiger partial charge in [-0.1, -0.05) is 51.5 Å². The van der Waals surface area contributed by atoms with Crippen molar-refractivity contribution in [2.45, 2.75) is 53.0 Å². The molecule has 1 fully saturated rings. The van der Waals surface area contributed by atoms with Gasteiger partial charge in [0.2, 0.25) is 0 Å². The first-order valence-corrected chi connectivity index (χ1v) is 7.92. The van der Waals surface area contributed by atoms with Crippen LogP contribution in [0.25, 0.3) is 0 Å². The Morgan fingerprint density at radius 1 is 1.11 bits per heavy atom. The van der Waals surface area contributed by atoms with Gasteiger partial charge in [0.1, 0.15) is 0 Å². The molecular formula is C18H29N. The third kappa shape index (κ3) is 4.99. The zero-order valence-electron chi connectivity index (χ0n) is 12.8. The van der Waals surface area contributed by atoms with Gasteiger partial charge in [0, 0.05) is 6.54 Å². The highest BCUT2D eigenvalue weighted by Gasteiger charge is 2.20. The number of benzene rings is 1. The van der Waals surface area contributed by atoms with Gasteiger partial charge in [0.25, 0.3) is 0 Å². The summed E-state index contributed by atoms with van der Waals surface area (Å²) >= 11 is 0. The van der Waals surface area contributed by atoms with E-state index >= 15 is 0 Å². The Bertz CT molecular complexity index is 366. The van der Waals surface area contributed by atoms with Crippen molar-refractivity contribution in [2.24, 2.45) is 17.8 Å². The van der Waals surface area contributed by atoms with E-state index < -0.39 is 0 Å². The van der Waals surface area contributed by atoms with Gasteiger partial charge in [0.15, 0.2) is 0 Å². The molecule has 2 rings (SSSR count). The van der Waals surface area contributed by atoms with Gasteiger partial charge in [0.05, 0.1) is 0 Å². The molecule has 1 N–H and O–H groups in total. The highest BCUT2D eigenvalue weighted by Crippen LogP contribution is 2.29. The van der Waals surface area contributed by atoms with Crippen molar-refractivity contribution in [1.82, 2.24) is 5.32 Å². The van der Waals surface area contributed by atoms with Crippen LogP contribution in [0.3, 0.4) is 0 Å². The van der Waals surface area contributed by atoms with E-state index in [1.807, 2.05) is 0 Å². The van der Waals surface area contributed by atoms with E-state index in [9.17, 15) is 0 Å². The molecule has 2 unspecified atom stereocenters. The molecule has 19 heavy (non-hydrogen) atoms. The predicted molar refractivity (Wildman–Crippen MR) is 83.2 cm³/mol. The highest BCUT2D eigenvalue weighted by atomic mass is 14.9. The molecule has 106 valence electrons. The summed E-state index contributed by atoms with van der Waals surface area (Å²) in [5.74, 6) is 2.60. The van der Waals surface area contributed by atoms with Crippen LogP contribution in [-0.4, -0.2) is 6.54 Å². The van der Waals surface area contributed by atoms with Gasteiger partial charge in [-0.05, 0) is 54.7 Å². The standard InChI is InChI=1S/C18H29N/c1-14(2)10-16-6-8-17(9-7-16)12-19-13-18-5-4-15(3)11-18/h6-9,14-15,18-19H,4-5,10-13H2,1-3H3. The topological polar surface area (TPSA) is 12.0 Å². The molecule has 1 aliphatic rings. The van der Waals surface area contributed by atoms with Crippen LogP contribution in [0.15, 0.2) is 24.3 Å².